The normalized spacial score (nSPS) is 10.0. The minimum atomic E-state index is -0.986. The van der Waals surface area contributed by atoms with Gasteiger partial charge < -0.3 is 15.3 Å². The first-order valence-electron chi connectivity index (χ1n) is 6.29. The van der Waals surface area contributed by atoms with Crippen molar-refractivity contribution in [1.29, 1.82) is 0 Å². The maximum Gasteiger partial charge on any atom is 0.303 e. The van der Waals surface area contributed by atoms with Crippen molar-refractivity contribution in [3.05, 3.63) is 18.3 Å². The highest BCUT2D eigenvalue weighted by molar-refractivity contribution is 5.91. The van der Waals surface area contributed by atoms with E-state index in [-0.39, 0.29) is 18.7 Å². The quantitative estimate of drug-likeness (QED) is 0.784. The van der Waals surface area contributed by atoms with Gasteiger partial charge in [-0.3, -0.25) is 9.59 Å². The summed E-state index contributed by atoms with van der Waals surface area (Å²) < 4.78 is 0. The summed E-state index contributed by atoms with van der Waals surface area (Å²) in [7, 11) is 0. The van der Waals surface area contributed by atoms with Crippen LogP contribution in [0.3, 0.4) is 0 Å². The molecule has 1 rings (SSSR count). The first-order valence-corrected chi connectivity index (χ1v) is 6.29. The minimum Gasteiger partial charge on any atom is -0.481 e. The van der Waals surface area contributed by atoms with Gasteiger partial charge in [-0.2, -0.15) is 0 Å². The molecule has 0 saturated carbocycles. The predicted octanol–water partition coefficient (Wildman–Crippen LogP) is 1.73. The van der Waals surface area contributed by atoms with E-state index < -0.39 is 5.97 Å². The first kappa shape index (κ1) is 14.9. The van der Waals surface area contributed by atoms with Crippen LogP contribution in [0.15, 0.2) is 18.3 Å². The van der Waals surface area contributed by atoms with Gasteiger partial charge in [0, 0.05) is 19.5 Å². The standard InChI is InChI=1S/C13H19N3O3/c1-3-16(4-2)10-5-6-11(14-9-10)15-12(17)7-8-13(18)19/h5-6,9H,3-4,7-8H2,1-2H3,(H,18,19)(H,14,15,17). The van der Waals surface area contributed by atoms with E-state index in [1.165, 1.54) is 0 Å². The predicted molar refractivity (Wildman–Crippen MR) is 73.3 cm³/mol. The van der Waals surface area contributed by atoms with Crippen LogP contribution in [0, 0.1) is 0 Å². The fraction of sp³-hybridized carbons (Fsp3) is 0.462. The van der Waals surface area contributed by atoms with Crippen molar-refractivity contribution < 1.29 is 14.7 Å². The third kappa shape index (κ3) is 4.95. The van der Waals surface area contributed by atoms with Gasteiger partial charge in [0.2, 0.25) is 5.91 Å². The molecular formula is C13H19N3O3. The number of hydrogen-bond donors (Lipinski definition) is 2. The number of aliphatic carboxylic acids is 1. The van der Waals surface area contributed by atoms with Crippen LogP contribution in [-0.2, 0) is 9.59 Å². The molecule has 0 saturated heterocycles. The van der Waals surface area contributed by atoms with Crippen LogP contribution in [0.1, 0.15) is 26.7 Å². The van der Waals surface area contributed by atoms with E-state index in [4.69, 9.17) is 5.11 Å². The highest BCUT2D eigenvalue weighted by atomic mass is 16.4. The zero-order valence-electron chi connectivity index (χ0n) is 11.2. The Hall–Kier alpha value is -2.11. The summed E-state index contributed by atoms with van der Waals surface area (Å²) >= 11 is 0. The SMILES string of the molecule is CCN(CC)c1ccc(NC(=O)CCC(=O)O)nc1. The van der Waals surface area contributed by atoms with Gasteiger partial charge in [0.25, 0.3) is 0 Å². The summed E-state index contributed by atoms with van der Waals surface area (Å²) in [5.41, 5.74) is 0.994. The summed E-state index contributed by atoms with van der Waals surface area (Å²) in [6.07, 6.45) is 1.47. The Morgan fingerprint density at radius 1 is 1.26 bits per heavy atom. The van der Waals surface area contributed by atoms with Crippen molar-refractivity contribution in [1.82, 2.24) is 4.98 Å². The molecule has 0 atom stereocenters. The third-order valence-corrected chi connectivity index (χ3v) is 2.71. The molecule has 0 aromatic carbocycles. The lowest BCUT2D eigenvalue weighted by Gasteiger charge is -2.20. The molecule has 0 unspecified atom stereocenters. The number of carbonyl (C=O) groups is 2. The summed E-state index contributed by atoms with van der Waals surface area (Å²) in [5, 5.41) is 11.0. The van der Waals surface area contributed by atoms with Gasteiger partial charge in [0.15, 0.2) is 0 Å². The minimum absolute atomic E-state index is 0.0468. The lowest BCUT2D eigenvalue weighted by atomic mass is 10.3. The van der Waals surface area contributed by atoms with E-state index in [9.17, 15) is 9.59 Å². The number of carboxylic acid groups (broad SMARTS) is 1. The molecule has 2 N–H and O–H groups in total. The number of carbonyl (C=O) groups excluding carboxylic acids is 1. The largest absolute Gasteiger partial charge is 0.481 e. The molecule has 1 amide bonds. The van der Waals surface area contributed by atoms with Crippen LogP contribution >= 0.6 is 0 Å². The van der Waals surface area contributed by atoms with Crippen molar-refractivity contribution in [3.8, 4) is 0 Å². The van der Waals surface area contributed by atoms with Crippen molar-refractivity contribution in [3.63, 3.8) is 0 Å². The number of carboxylic acids is 1. The first-order chi connectivity index (χ1) is 9.06. The second-order valence-corrected chi connectivity index (χ2v) is 4.02. The Labute approximate surface area is 112 Å². The lowest BCUT2D eigenvalue weighted by molar-refractivity contribution is -0.138. The van der Waals surface area contributed by atoms with E-state index in [2.05, 4.69) is 29.0 Å². The summed E-state index contributed by atoms with van der Waals surface area (Å²) in [5.74, 6) is -0.892. The molecule has 104 valence electrons. The second kappa shape index (κ2) is 7.35. The van der Waals surface area contributed by atoms with E-state index in [1.807, 2.05) is 6.07 Å². The maximum atomic E-state index is 11.4. The molecule has 6 nitrogen and oxygen atoms in total. The molecule has 1 aromatic rings. The van der Waals surface area contributed by atoms with Gasteiger partial charge >= 0.3 is 5.97 Å². The van der Waals surface area contributed by atoms with E-state index >= 15 is 0 Å². The van der Waals surface area contributed by atoms with Crippen LogP contribution in [-0.4, -0.2) is 35.1 Å². The monoisotopic (exact) mass is 265 g/mol. The zero-order chi connectivity index (χ0) is 14.3. The highest BCUT2D eigenvalue weighted by Crippen LogP contribution is 2.14. The molecule has 0 bridgehead atoms. The molecule has 19 heavy (non-hydrogen) atoms. The van der Waals surface area contributed by atoms with Crippen LogP contribution < -0.4 is 10.2 Å². The summed E-state index contributed by atoms with van der Waals surface area (Å²) in [4.78, 5) is 28.0. The van der Waals surface area contributed by atoms with Crippen LogP contribution in [0.4, 0.5) is 11.5 Å². The van der Waals surface area contributed by atoms with E-state index in [0.717, 1.165) is 18.8 Å². The second-order valence-electron chi connectivity index (χ2n) is 4.02. The summed E-state index contributed by atoms with van der Waals surface area (Å²) in [6, 6.07) is 3.60. The van der Waals surface area contributed by atoms with Gasteiger partial charge in [-0.25, -0.2) is 4.98 Å². The molecule has 0 aliphatic carbocycles. The number of pyridine rings is 1. The van der Waals surface area contributed by atoms with Gasteiger partial charge in [-0.15, -0.1) is 0 Å². The van der Waals surface area contributed by atoms with Gasteiger partial charge in [-0.05, 0) is 26.0 Å². The number of nitrogens with zero attached hydrogens (tertiary/aromatic N) is 2. The van der Waals surface area contributed by atoms with E-state index in [1.54, 1.807) is 12.3 Å². The molecular weight excluding hydrogens is 246 g/mol. The molecule has 0 fully saturated rings. The smallest absolute Gasteiger partial charge is 0.303 e. The topological polar surface area (TPSA) is 82.5 Å². The Morgan fingerprint density at radius 2 is 1.95 bits per heavy atom. The number of anilines is 2. The van der Waals surface area contributed by atoms with Gasteiger partial charge in [0.1, 0.15) is 5.82 Å². The fourth-order valence-electron chi connectivity index (χ4n) is 1.66. The zero-order valence-corrected chi connectivity index (χ0v) is 11.2. The van der Waals surface area contributed by atoms with Crippen molar-refractivity contribution >= 4 is 23.4 Å². The number of aromatic nitrogens is 1. The number of nitrogens with one attached hydrogen (secondary N) is 1. The number of rotatable bonds is 7. The maximum absolute atomic E-state index is 11.4. The number of hydrogen-bond acceptors (Lipinski definition) is 4. The molecule has 1 heterocycles. The van der Waals surface area contributed by atoms with Crippen LogP contribution in [0.2, 0.25) is 0 Å². The van der Waals surface area contributed by atoms with Gasteiger partial charge in [0.05, 0.1) is 18.3 Å². The average molecular weight is 265 g/mol. The molecule has 0 aliphatic heterocycles. The Kier molecular flexibility index (Phi) is 5.78. The Morgan fingerprint density at radius 3 is 2.42 bits per heavy atom. The van der Waals surface area contributed by atoms with Crippen molar-refractivity contribution in [2.75, 3.05) is 23.3 Å². The lowest BCUT2D eigenvalue weighted by Crippen LogP contribution is -2.22. The molecule has 1 aromatic heterocycles. The molecule has 0 spiro atoms. The third-order valence-electron chi connectivity index (χ3n) is 2.71. The number of amides is 1. The molecule has 0 radical (unpaired) electrons. The fourth-order valence-corrected chi connectivity index (χ4v) is 1.66. The Bertz CT molecular complexity index is 427. The Balaban J connectivity index is 2.56. The van der Waals surface area contributed by atoms with Crippen molar-refractivity contribution in [2.24, 2.45) is 0 Å². The summed E-state index contributed by atoms with van der Waals surface area (Å²) in [6.45, 7) is 5.90. The van der Waals surface area contributed by atoms with E-state index in [0.29, 0.717) is 5.82 Å². The molecule has 0 aliphatic rings. The van der Waals surface area contributed by atoms with Crippen LogP contribution in [0.5, 0.6) is 0 Å². The molecule has 6 heteroatoms. The van der Waals surface area contributed by atoms with Gasteiger partial charge in [-0.1, -0.05) is 0 Å². The highest BCUT2D eigenvalue weighted by Gasteiger charge is 2.07. The average Bonchev–Trinajstić information content (AvgIpc) is 2.40. The van der Waals surface area contributed by atoms with Crippen LogP contribution in [0.25, 0.3) is 0 Å². The van der Waals surface area contributed by atoms with Crippen molar-refractivity contribution in [2.45, 2.75) is 26.7 Å².